The van der Waals surface area contributed by atoms with Gasteiger partial charge in [0.2, 0.25) is 5.88 Å². The lowest BCUT2D eigenvalue weighted by Gasteiger charge is -2.44. The third kappa shape index (κ3) is 2.76. The molecular formula is C20H19N3O3. The standard InChI is InChI=1S/C20H19N3O3/c24-17-7-10-25-18-3-1-14(11-15(17)18)16-2-4-20(22-21-16)26-19-12-23-8-5-13(19)6-9-23/h1-4,7,10-11,13,19H,5-6,8-9,12H2. The Kier molecular flexibility index (Phi) is 3.71. The minimum atomic E-state index is -0.0663. The lowest BCUT2D eigenvalue weighted by Crippen LogP contribution is -2.52. The number of ether oxygens (including phenoxy) is 1. The van der Waals surface area contributed by atoms with Crippen molar-refractivity contribution in [1.29, 1.82) is 0 Å². The predicted molar refractivity (Wildman–Crippen MR) is 97.1 cm³/mol. The maximum Gasteiger partial charge on any atom is 0.233 e. The van der Waals surface area contributed by atoms with E-state index in [0.29, 0.717) is 28.5 Å². The molecule has 6 nitrogen and oxygen atoms in total. The molecule has 3 saturated heterocycles. The fourth-order valence-electron chi connectivity index (χ4n) is 3.98. The molecule has 2 bridgehead atoms. The summed E-state index contributed by atoms with van der Waals surface area (Å²) in [5.74, 6) is 1.19. The van der Waals surface area contributed by atoms with Crippen molar-refractivity contribution in [2.45, 2.75) is 18.9 Å². The highest BCUT2D eigenvalue weighted by Crippen LogP contribution is 2.30. The summed E-state index contributed by atoms with van der Waals surface area (Å²) in [5.41, 5.74) is 2.04. The average Bonchev–Trinajstić information content (AvgIpc) is 2.70. The second kappa shape index (κ2) is 6.21. The molecule has 6 rings (SSSR count). The van der Waals surface area contributed by atoms with Crippen molar-refractivity contribution < 1.29 is 9.15 Å². The van der Waals surface area contributed by atoms with Crippen LogP contribution in [-0.4, -0.2) is 40.8 Å². The second-order valence-corrected chi connectivity index (χ2v) is 7.05. The van der Waals surface area contributed by atoms with Crippen molar-refractivity contribution in [1.82, 2.24) is 15.1 Å². The first-order valence-electron chi connectivity index (χ1n) is 9.01. The van der Waals surface area contributed by atoms with Gasteiger partial charge in [-0.05, 0) is 56.1 Å². The van der Waals surface area contributed by atoms with Crippen molar-refractivity contribution in [3.63, 3.8) is 0 Å². The highest BCUT2D eigenvalue weighted by atomic mass is 16.5. The molecule has 3 aliphatic rings. The van der Waals surface area contributed by atoms with Crippen LogP contribution >= 0.6 is 0 Å². The molecule has 0 N–H and O–H groups in total. The number of piperidine rings is 3. The van der Waals surface area contributed by atoms with Gasteiger partial charge in [-0.25, -0.2) is 0 Å². The minimum Gasteiger partial charge on any atom is -0.472 e. The third-order valence-corrected chi connectivity index (χ3v) is 5.46. The monoisotopic (exact) mass is 349 g/mol. The molecule has 1 aromatic carbocycles. The van der Waals surface area contributed by atoms with E-state index in [1.54, 1.807) is 12.1 Å². The Hall–Kier alpha value is -2.73. The van der Waals surface area contributed by atoms with E-state index < -0.39 is 0 Å². The van der Waals surface area contributed by atoms with Crippen LogP contribution in [0.15, 0.2) is 51.9 Å². The summed E-state index contributed by atoms with van der Waals surface area (Å²) < 4.78 is 11.4. The summed E-state index contributed by atoms with van der Waals surface area (Å²) in [6.07, 6.45) is 4.03. The Labute approximate surface area is 150 Å². The van der Waals surface area contributed by atoms with Crippen LogP contribution in [-0.2, 0) is 0 Å². The molecule has 1 atom stereocenters. The number of nitrogens with zero attached hydrogens (tertiary/aromatic N) is 3. The Morgan fingerprint density at radius 2 is 1.96 bits per heavy atom. The fourth-order valence-corrected chi connectivity index (χ4v) is 3.98. The molecule has 6 heteroatoms. The number of hydrogen-bond acceptors (Lipinski definition) is 6. The van der Waals surface area contributed by atoms with Crippen LogP contribution in [0.2, 0.25) is 0 Å². The van der Waals surface area contributed by atoms with Crippen molar-refractivity contribution >= 4 is 11.0 Å². The van der Waals surface area contributed by atoms with Crippen LogP contribution in [0.25, 0.3) is 22.2 Å². The largest absolute Gasteiger partial charge is 0.472 e. The molecule has 0 saturated carbocycles. The molecule has 2 aromatic heterocycles. The lowest BCUT2D eigenvalue weighted by molar-refractivity contribution is -0.0103. The van der Waals surface area contributed by atoms with Crippen molar-refractivity contribution in [2.24, 2.45) is 5.92 Å². The topological polar surface area (TPSA) is 68.5 Å². The molecule has 5 heterocycles. The van der Waals surface area contributed by atoms with Gasteiger partial charge in [-0.1, -0.05) is 0 Å². The van der Waals surface area contributed by atoms with E-state index in [4.69, 9.17) is 9.15 Å². The number of fused-ring (bicyclic) bond motifs is 4. The van der Waals surface area contributed by atoms with Gasteiger partial charge < -0.3 is 9.15 Å². The molecule has 3 aromatic rings. The lowest BCUT2D eigenvalue weighted by atomic mass is 9.86. The molecule has 132 valence electrons. The quantitative estimate of drug-likeness (QED) is 0.724. The summed E-state index contributed by atoms with van der Waals surface area (Å²) in [7, 11) is 0. The van der Waals surface area contributed by atoms with Crippen LogP contribution in [0, 0.1) is 5.92 Å². The molecule has 0 aliphatic carbocycles. The first-order valence-corrected chi connectivity index (χ1v) is 9.01. The van der Waals surface area contributed by atoms with E-state index in [1.807, 2.05) is 18.2 Å². The first-order chi connectivity index (χ1) is 12.8. The van der Waals surface area contributed by atoms with Gasteiger partial charge >= 0.3 is 0 Å². The first kappa shape index (κ1) is 15.5. The van der Waals surface area contributed by atoms with Gasteiger partial charge in [0.05, 0.1) is 17.3 Å². The van der Waals surface area contributed by atoms with E-state index in [1.165, 1.54) is 38.3 Å². The summed E-state index contributed by atoms with van der Waals surface area (Å²) in [6.45, 7) is 3.35. The minimum absolute atomic E-state index is 0.0663. The molecule has 0 radical (unpaired) electrons. The molecule has 0 amide bonds. The van der Waals surface area contributed by atoms with Crippen LogP contribution in [0.3, 0.4) is 0 Å². The Balaban J connectivity index is 1.38. The molecule has 3 fully saturated rings. The van der Waals surface area contributed by atoms with Crippen LogP contribution in [0.1, 0.15) is 12.8 Å². The smallest absolute Gasteiger partial charge is 0.233 e. The van der Waals surface area contributed by atoms with Gasteiger partial charge in [0.15, 0.2) is 5.43 Å². The van der Waals surface area contributed by atoms with E-state index in [-0.39, 0.29) is 11.5 Å². The van der Waals surface area contributed by atoms with Crippen molar-refractivity contribution in [2.75, 3.05) is 19.6 Å². The highest BCUT2D eigenvalue weighted by Gasteiger charge is 2.35. The summed E-state index contributed by atoms with van der Waals surface area (Å²) in [6, 6.07) is 10.6. The fraction of sp³-hybridized carbons (Fsp3) is 0.350. The normalized spacial score (nSPS) is 24.7. The number of hydrogen-bond donors (Lipinski definition) is 0. The van der Waals surface area contributed by atoms with Crippen molar-refractivity contribution in [3.8, 4) is 17.1 Å². The number of rotatable bonds is 3. The maximum atomic E-state index is 12.0. The predicted octanol–water partition coefficient (Wildman–Crippen LogP) is 2.72. The summed E-state index contributed by atoms with van der Waals surface area (Å²) in [4.78, 5) is 14.4. The Morgan fingerprint density at radius 1 is 1.08 bits per heavy atom. The van der Waals surface area contributed by atoms with Crippen molar-refractivity contribution in [3.05, 3.63) is 52.9 Å². The SMILES string of the molecule is O=c1ccoc2ccc(-c3ccc(OC4CN5CCC4CC5)nn3)cc12. The van der Waals surface area contributed by atoms with E-state index in [2.05, 4.69) is 15.1 Å². The zero-order valence-electron chi connectivity index (χ0n) is 14.3. The molecule has 26 heavy (non-hydrogen) atoms. The van der Waals surface area contributed by atoms with Gasteiger partial charge in [0.25, 0.3) is 0 Å². The van der Waals surface area contributed by atoms with Gasteiger partial charge in [0, 0.05) is 24.2 Å². The van der Waals surface area contributed by atoms with Crippen LogP contribution < -0.4 is 10.2 Å². The Morgan fingerprint density at radius 3 is 2.69 bits per heavy atom. The van der Waals surface area contributed by atoms with Gasteiger partial charge in [-0.15, -0.1) is 10.2 Å². The number of benzene rings is 1. The zero-order chi connectivity index (χ0) is 17.5. The van der Waals surface area contributed by atoms with E-state index in [0.717, 1.165) is 12.1 Å². The Bertz CT molecular complexity index is 991. The maximum absolute atomic E-state index is 12.0. The molecule has 1 unspecified atom stereocenters. The van der Waals surface area contributed by atoms with E-state index in [9.17, 15) is 4.79 Å². The van der Waals surface area contributed by atoms with Gasteiger partial charge in [-0.3, -0.25) is 9.69 Å². The van der Waals surface area contributed by atoms with Crippen LogP contribution in [0.5, 0.6) is 5.88 Å². The molecular weight excluding hydrogens is 330 g/mol. The number of aromatic nitrogens is 2. The van der Waals surface area contributed by atoms with Crippen LogP contribution in [0.4, 0.5) is 0 Å². The molecule has 0 spiro atoms. The zero-order valence-corrected chi connectivity index (χ0v) is 14.3. The van der Waals surface area contributed by atoms with E-state index >= 15 is 0 Å². The summed E-state index contributed by atoms with van der Waals surface area (Å²) >= 11 is 0. The highest BCUT2D eigenvalue weighted by molar-refractivity contribution is 5.81. The third-order valence-electron chi connectivity index (χ3n) is 5.46. The summed E-state index contributed by atoms with van der Waals surface area (Å²) in [5, 5.41) is 9.08. The second-order valence-electron chi connectivity index (χ2n) is 7.05. The molecule has 3 aliphatic heterocycles. The average molecular weight is 349 g/mol. The van der Waals surface area contributed by atoms with Gasteiger partial charge in [0.1, 0.15) is 11.7 Å². The van der Waals surface area contributed by atoms with Gasteiger partial charge in [-0.2, -0.15) is 0 Å².